The van der Waals surface area contributed by atoms with Gasteiger partial charge in [-0.25, -0.2) is 4.68 Å². The minimum absolute atomic E-state index is 0.853. The summed E-state index contributed by atoms with van der Waals surface area (Å²) in [6, 6.07) is 8.01. The maximum Gasteiger partial charge on any atom is 0.121 e. The number of hydrogen-bond acceptors (Lipinski definition) is 3. The Bertz CT molecular complexity index is 590. The van der Waals surface area contributed by atoms with Crippen molar-refractivity contribution >= 4 is 0 Å². The predicted molar refractivity (Wildman–Crippen MR) is 86.5 cm³/mol. The molecule has 0 aliphatic heterocycles. The molecule has 1 heterocycles. The zero-order valence-corrected chi connectivity index (χ0v) is 13.4. The number of aryl methyl sites for hydroxylation is 1. The van der Waals surface area contributed by atoms with E-state index in [1.807, 2.05) is 22.9 Å². The third-order valence-corrected chi connectivity index (χ3v) is 3.72. The normalized spacial score (nSPS) is 10.9. The van der Waals surface area contributed by atoms with Crippen molar-refractivity contribution in [2.24, 2.45) is 0 Å². The number of hydrogen-bond donors (Lipinski definition) is 1. The highest BCUT2D eigenvalue weighted by atomic mass is 16.5. The maximum atomic E-state index is 5.29. The van der Waals surface area contributed by atoms with Gasteiger partial charge in [0.2, 0.25) is 0 Å². The molecule has 114 valence electrons. The molecular weight excluding hydrogens is 262 g/mol. The lowest BCUT2D eigenvalue weighted by Crippen LogP contribution is -2.18. The SMILES string of the molecule is CCCNCCc1c(C)nn(-c2cccc(OC)c2)c1C. The molecule has 21 heavy (non-hydrogen) atoms. The standard InChI is InChI=1S/C17H25N3O/c1-5-10-18-11-9-17-13(2)19-20(14(17)3)15-7-6-8-16(12-15)21-4/h6-8,12,18H,5,9-11H2,1-4H3. The summed E-state index contributed by atoms with van der Waals surface area (Å²) in [5.74, 6) is 0.853. The third-order valence-electron chi connectivity index (χ3n) is 3.72. The van der Waals surface area contributed by atoms with Crippen LogP contribution in [0.1, 0.15) is 30.3 Å². The molecular formula is C17H25N3O. The molecule has 0 aliphatic rings. The molecule has 0 spiro atoms. The topological polar surface area (TPSA) is 39.1 Å². The molecule has 0 saturated carbocycles. The van der Waals surface area contributed by atoms with Crippen LogP contribution in [-0.2, 0) is 6.42 Å². The van der Waals surface area contributed by atoms with Crippen LogP contribution < -0.4 is 10.1 Å². The van der Waals surface area contributed by atoms with Crippen molar-refractivity contribution in [1.29, 1.82) is 0 Å². The summed E-state index contributed by atoms with van der Waals surface area (Å²) in [6.07, 6.45) is 2.18. The molecule has 0 aliphatic carbocycles. The van der Waals surface area contributed by atoms with Gasteiger partial charge in [0.25, 0.3) is 0 Å². The molecule has 0 atom stereocenters. The molecule has 0 fully saturated rings. The number of nitrogens with zero attached hydrogens (tertiary/aromatic N) is 2. The average molecular weight is 287 g/mol. The fraction of sp³-hybridized carbons (Fsp3) is 0.471. The first-order chi connectivity index (χ1) is 10.2. The van der Waals surface area contributed by atoms with Crippen LogP contribution in [0, 0.1) is 13.8 Å². The van der Waals surface area contributed by atoms with Crippen molar-refractivity contribution < 1.29 is 4.74 Å². The fourth-order valence-electron chi connectivity index (χ4n) is 2.55. The van der Waals surface area contributed by atoms with Crippen LogP contribution in [0.3, 0.4) is 0 Å². The first-order valence-electron chi connectivity index (χ1n) is 7.57. The van der Waals surface area contributed by atoms with E-state index in [4.69, 9.17) is 4.74 Å². The molecule has 2 rings (SSSR count). The van der Waals surface area contributed by atoms with Crippen molar-refractivity contribution in [1.82, 2.24) is 15.1 Å². The van der Waals surface area contributed by atoms with Gasteiger partial charge < -0.3 is 10.1 Å². The highest BCUT2D eigenvalue weighted by Crippen LogP contribution is 2.21. The maximum absolute atomic E-state index is 5.29. The van der Waals surface area contributed by atoms with E-state index >= 15 is 0 Å². The predicted octanol–water partition coefficient (Wildman–Crippen LogP) is 3.04. The summed E-state index contributed by atoms with van der Waals surface area (Å²) in [5.41, 5.74) is 4.69. The summed E-state index contributed by atoms with van der Waals surface area (Å²) in [4.78, 5) is 0. The summed E-state index contributed by atoms with van der Waals surface area (Å²) < 4.78 is 7.30. The second-order valence-corrected chi connectivity index (χ2v) is 5.26. The highest BCUT2D eigenvalue weighted by Gasteiger charge is 2.12. The van der Waals surface area contributed by atoms with E-state index in [0.717, 1.165) is 36.6 Å². The van der Waals surface area contributed by atoms with Crippen molar-refractivity contribution in [2.45, 2.75) is 33.6 Å². The third kappa shape index (κ3) is 3.64. The molecule has 0 radical (unpaired) electrons. The van der Waals surface area contributed by atoms with Crippen molar-refractivity contribution in [2.75, 3.05) is 20.2 Å². The van der Waals surface area contributed by atoms with Crippen LogP contribution in [0.25, 0.3) is 5.69 Å². The van der Waals surface area contributed by atoms with Gasteiger partial charge in [0.05, 0.1) is 18.5 Å². The first kappa shape index (κ1) is 15.6. The van der Waals surface area contributed by atoms with Gasteiger partial charge in [-0.2, -0.15) is 5.10 Å². The van der Waals surface area contributed by atoms with E-state index < -0.39 is 0 Å². The van der Waals surface area contributed by atoms with Crippen LogP contribution >= 0.6 is 0 Å². The largest absolute Gasteiger partial charge is 0.497 e. The van der Waals surface area contributed by atoms with Crippen LogP contribution in [0.5, 0.6) is 5.75 Å². The quantitative estimate of drug-likeness (QED) is 0.796. The van der Waals surface area contributed by atoms with Gasteiger partial charge in [-0.1, -0.05) is 13.0 Å². The van der Waals surface area contributed by atoms with E-state index in [1.165, 1.54) is 17.7 Å². The molecule has 4 nitrogen and oxygen atoms in total. The number of rotatable bonds is 7. The molecule has 0 amide bonds. The zero-order valence-electron chi connectivity index (χ0n) is 13.4. The van der Waals surface area contributed by atoms with Gasteiger partial charge in [0.15, 0.2) is 0 Å². The van der Waals surface area contributed by atoms with Crippen LogP contribution in [-0.4, -0.2) is 30.0 Å². The van der Waals surface area contributed by atoms with Gasteiger partial charge in [0.1, 0.15) is 5.75 Å². The van der Waals surface area contributed by atoms with Gasteiger partial charge >= 0.3 is 0 Å². The van der Waals surface area contributed by atoms with Crippen molar-refractivity contribution in [3.05, 3.63) is 41.2 Å². The van der Waals surface area contributed by atoms with Crippen molar-refractivity contribution in [3.63, 3.8) is 0 Å². The van der Waals surface area contributed by atoms with Gasteiger partial charge in [-0.05, 0) is 57.5 Å². The van der Waals surface area contributed by atoms with E-state index in [-0.39, 0.29) is 0 Å². The lowest BCUT2D eigenvalue weighted by atomic mass is 10.1. The monoisotopic (exact) mass is 287 g/mol. The van der Waals surface area contributed by atoms with E-state index in [0.29, 0.717) is 0 Å². The smallest absolute Gasteiger partial charge is 0.121 e. The Kier molecular flexibility index (Phi) is 5.39. The molecule has 0 saturated heterocycles. The molecule has 1 aromatic carbocycles. The number of ether oxygens (including phenoxy) is 1. The number of methoxy groups -OCH3 is 1. The second-order valence-electron chi connectivity index (χ2n) is 5.26. The molecule has 2 aromatic rings. The number of benzene rings is 1. The van der Waals surface area contributed by atoms with E-state index in [2.05, 4.69) is 37.3 Å². The van der Waals surface area contributed by atoms with E-state index in [1.54, 1.807) is 7.11 Å². The first-order valence-corrected chi connectivity index (χ1v) is 7.57. The Balaban J connectivity index is 2.21. The Morgan fingerprint density at radius 2 is 2.05 bits per heavy atom. The van der Waals surface area contributed by atoms with Gasteiger partial charge in [-0.15, -0.1) is 0 Å². The van der Waals surface area contributed by atoms with Gasteiger partial charge in [-0.3, -0.25) is 0 Å². The Hall–Kier alpha value is -1.81. The Labute approximate surface area is 127 Å². The molecule has 0 bridgehead atoms. The van der Waals surface area contributed by atoms with Crippen LogP contribution in [0.4, 0.5) is 0 Å². The van der Waals surface area contributed by atoms with Crippen molar-refractivity contribution in [3.8, 4) is 11.4 Å². The Morgan fingerprint density at radius 3 is 2.76 bits per heavy atom. The van der Waals surface area contributed by atoms with Crippen LogP contribution in [0.2, 0.25) is 0 Å². The van der Waals surface area contributed by atoms with E-state index in [9.17, 15) is 0 Å². The number of aromatic nitrogens is 2. The zero-order chi connectivity index (χ0) is 15.2. The lowest BCUT2D eigenvalue weighted by Gasteiger charge is -2.08. The number of nitrogens with one attached hydrogen (secondary N) is 1. The lowest BCUT2D eigenvalue weighted by molar-refractivity contribution is 0.414. The average Bonchev–Trinajstić information content (AvgIpc) is 2.79. The minimum atomic E-state index is 0.853. The Morgan fingerprint density at radius 1 is 1.24 bits per heavy atom. The minimum Gasteiger partial charge on any atom is -0.497 e. The summed E-state index contributed by atoms with van der Waals surface area (Å²) in [7, 11) is 1.69. The summed E-state index contributed by atoms with van der Waals surface area (Å²) >= 11 is 0. The van der Waals surface area contributed by atoms with Crippen LogP contribution in [0.15, 0.2) is 24.3 Å². The summed E-state index contributed by atoms with van der Waals surface area (Å²) in [5, 5.41) is 8.14. The molecule has 1 aromatic heterocycles. The second kappa shape index (κ2) is 7.27. The molecule has 1 N–H and O–H groups in total. The van der Waals surface area contributed by atoms with Gasteiger partial charge in [0, 0.05) is 11.8 Å². The highest BCUT2D eigenvalue weighted by molar-refractivity contribution is 5.42. The summed E-state index contributed by atoms with van der Waals surface area (Å²) in [6.45, 7) is 8.47. The molecule has 0 unspecified atom stereocenters. The fourth-order valence-corrected chi connectivity index (χ4v) is 2.55. The molecule has 4 heteroatoms.